The number of benzene rings is 3. The van der Waals surface area contributed by atoms with Crippen LogP contribution in [0.25, 0.3) is 16.6 Å². The van der Waals surface area contributed by atoms with Crippen molar-refractivity contribution in [2.75, 3.05) is 31.9 Å². The lowest BCUT2D eigenvalue weighted by molar-refractivity contribution is -0.118. The fourth-order valence-electron chi connectivity index (χ4n) is 3.87. The second-order valence-corrected chi connectivity index (χ2v) is 8.79. The second-order valence-electron chi connectivity index (χ2n) is 7.85. The first kappa shape index (κ1) is 23.4. The van der Waals surface area contributed by atoms with E-state index in [0.29, 0.717) is 50.2 Å². The number of thioether (sulfide) groups is 1. The van der Waals surface area contributed by atoms with Crippen LogP contribution in [-0.4, -0.2) is 47.8 Å². The van der Waals surface area contributed by atoms with Gasteiger partial charge in [0.1, 0.15) is 5.75 Å². The number of para-hydroxylation sites is 1. The Morgan fingerprint density at radius 1 is 1.06 bits per heavy atom. The van der Waals surface area contributed by atoms with E-state index in [1.54, 1.807) is 60.7 Å². The van der Waals surface area contributed by atoms with Crippen LogP contribution >= 0.6 is 11.8 Å². The van der Waals surface area contributed by atoms with Crippen LogP contribution in [-0.2, 0) is 4.79 Å². The topological polar surface area (TPSA) is 109 Å². The molecule has 4 aromatic rings. The van der Waals surface area contributed by atoms with Crippen molar-refractivity contribution in [2.24, 2.45) is 0 Å². The van der Waals surface area contributed by atoms with Crippen molar-refractivity contribution < 1.29 is 23.8 Å². The van der Waals surface area contributed by atoms with Gasteiger partial charge in [0.2, 0.25) is 0 Å². The fourth-order valence-corrected chi connectivity index (χ4v) is 4.78. The van der Waals surface area contributed by atoms with Crippen molar-refractivity contribution >= 4 is 40.0 Å². The number of ketones is 1. The van der Waals surface area contributed by atoms with E-state index < -0.39 is 0 Å². The lowest BCUT2D eigenvalue weighted by Crippen LogP contribution is -2.25. The first-order valence-corrected chi connectivity index (χ1v) is 11.9. The molecule has 1 aliphatic rings. The molecule has 0 spiro atoms. The maximum atomic E-state index is 13.5. The minimum atomic E-state index is -0.277. The van der Waals surface area contributed by atoms with Crippen molar-refractivity contribution in [2.45, 2.75) is 5.16 Å². The monoisotopic (exact) mass is 503 g/mol. The number of nitrogens with one attached hydrogen (secondary N) is 1. The SMILES string of the molecule is COc1ccc(-n2c(SCC(=O)c3ccc4c(c3)NC(=O)CO4)nc3ccccc3c2=O)cc1OC. The molecule has 0 saturated carbocycles. The Bertz CT molecular complexity index is 1570. The molecule has 0 radical (unpaired) electrons. The molecule has 1 aliphatic heterocycles. The number of Topliss-reactive ketones (excluding diaryl/α,β-unsaturated/α-hetero) is 1. The summed E-state index contributed by atoms with van der Waals surface area (Å²) >= 11 is 1.15. The highest BCUT2D eigenvalue weighted by molar-refractivity contribution is 7.99. The maximum Gasteiger partial charge on any atom is 0.266 e. The van der Waals surface area contributed by atoms with Crippen molar-refractivity contribution in [1.82, 2.24) is 9.55 Å². The Morgan fingerprint density at radius 2 is 1.86 bits per heavy atom. The number of carbonyl (C=O) groups is 2. The third kappa shape index (κ3) is 4.38. The summed E-state index contributed by atoms with van der Waals surface area (Å²) in [7, 11) is 3.05. The van der Waals surface area contributed by atoms with Gasteiger partial charge >= 0.3 is 0 Å². The molecule has 0 bridgehead atoms. The third-order valence-electron chi connectivity index (χ3n) is 5.64. The van der Waals surface area contributed by atoms with Gasteiger partial charge in [-0.1, -0.05) is 23.9 Å². The molecule has 0 aliphatic carbocycles. The van der Waals surface area contributed by atoms with E-state index in [0.717, 1.165) is 11.8 Å². The molecule has 10 heteroatoms. The molecular weight excluding hydrogens is 482 g/mol. The van der Waals surface area contributed by atoms with Gasteiger partial charge in [0, 0.05) is 11.6 Å². The predicted molar refractivity (Wildman–Crippen MR) is 136 cm³/mol. The van der Waals surface area contributed by atoms with Crippen LogP contribution < -0.4 is 25.1 Å². The van der Waals surface area contributed by atoms with Crippen LogP contribution in [0.15, 0.2) is 70.6 Å². The van der Waals surface area contributed by atoms with Crippen LogP contribution in [0.2, 0.25) is 0 Å². The van der Waals surface area contributed by atoms with Gasteiger partial charge in [-0.25, -0.2) is 4.98 Å². The first-order valence-electron chi connectivity index (χ1n) is 11.0. The molecule has 1 aromatic heterocycles. The standard InChI is InChI=1S/C26H21N3O6S/c1-33-22-10-8-16(12-23(22)34-2)29-25(32)17-5-3-4-6-18(17)28-26(29)36-14-20(30)15-7-9-21-19(11-15)27-24(31)13-35-21/h3-12H,13-14H2,1-2H3,(H,27,31). The molecule has 5 rings (SSSR count). The molecule has 2 heterocycles. The number of ether oxygens (including phenoxy) is 3. The molecule has 3 aromatic carbocycles. The van der Waals surface area contributed by atoms with Gasteiger partial charge in [0.25, 0.3) is 11.5 Å². The minimum Gasteiger partial charge on any atom is -0.493 e. The number of rotatable bonds is 7. The van der Waals surface area contributed by atoms with Gasteiger partial charge in [0.15, 0.2) is 29.0 Å². The highest BCUT2D eigenvalue weighted by Gasteiger charge is 2.20. The Morgan fingerprint density at radius 3 is 2.67 bits per heavy atom. The molecule has 1 N–H and O–H groups in total. The summed E-state index contributed by atoms with van der Waals surface area (Å²) in [5.41, 5.74) is 1.65. The van der Waals surface area contributed by atoms with Crippen LogP contribution in [0, 0.1) is 0 Å². The highest BCUT2D eigenvalue weighted by Crippen LogP contribution is 2.32. The minimum absolute atomic E-state index is 0.0195. The number of carbonyl (C=O) groups excluding carboxylic acids is 2. The summed E-state index contributed by atoms with van der Waals surface area (Å²) in [5, 5.41) is 3.51. The van der Waals surface area contributed by atoms with E-state index >= 15 is 0 Å². The zero-order valence-electron chi connectivity index (χ0n) is 19.4. The average molecular weight is 504 g/mol. The van der Waals surface area contributed by atoms with Crippen molar-refractivity contribution in [3.8, 4) is 22.9 Å². The number of hydrogen-bond donors (Lipinski definition) is 1. The smallest absolute Gasteiger partial charge is 0.266 e. The number of fused-ring (bicyclic) bond motifs is 2. The molecule has 0 atom stereocenters. The van der Waals surface area contributed by atoms with Gasteiger partial charge in [-0.15, -0.1) is 0 Å². The molecule has 36 heavy (non-hydrogen) atoms. The van der Waals surface area contributed by atoms with Crippen molar-refractivity contribution in [3.05, 3.63) is 76.6 Å². The summed E-state index contributed by atoms with van der Waals surface area (Å²) < 4.78 is 17.6. The van der Waals surface area contributed by atoms with E-state index in [1.165, 1.54) is 18.8 Å². The number of amides is 1. The Labute approximate surface area is 210 Å². The fraction of sp³-hybridized carbons (Fsp3) is 0.154. The van der Waals surface area contributed by atoms with Gasteiger partial charge in [-0.2, -0.15) is 0 Å². The van der Waals surface area contributed by atoms with Crippen LogP contribution in [0.1, 0.15) is 10.4 Å². The van der Waals surface area contributed by atoms with E-state index in [4.69, 9.17) is 14.2 Å². The van der Waals surface area contributed by atoms with Gasteiger partial charge in [-0.3, -0.25) is 19.0 Å². The number of methoxy groups -OCH3 is 2. The maximum absolute atomic E-state index is 13.5. The van der Waals surface area contributed by atoms with Crippen LogP contribution in [0.4, 0.5) is 5.69 Å². The normalized spacial score (nSPS) is 12.4. The average Bonchev–Trinajstić information content (AvgIpc) is 2.91. The quantitative estimate of drug-likeness (QED) is 0.231. The molecule has 182 valence electrons. The number of hydrogen-bond acceptors (Lipinski definition) is 8. The van der Waals surface area contributed by atoms with E-state index in [9.17, 15) is 14.4 Å². The Hall–Kier alpha value is -4.31. The molecule has 0 fully saturated rings. The number of nitrogens with zero attached hydrogens (tertiary/aromatic N) is 2. The zero-order valence-corrected chi connectivity index (χ0v) is 20.3. The Balaban J connectivity index is 1.51. The summed E-state index contributed by atoms with van der Waals surface area (Å²) in [6.07, 6.45) is 0. The van der Waals surface area contributed by atoms with E-state index in [2.05, 4.69) is 10.3 Å². The Kier molecular flexibility index (Phi) is 6.34. The number of anilines is 1. The molecule has 1 amide bonds. The lowest BCUT2D eigenvalue weighted by atomic mass is 10.1. The van der Waals surface area contributed by atoms with Gasteiger partial charge in [-0.05, 0) is 42.5 Å². The molecular formula is C26H21N3O6S. The summed E-state index contributed by atoms with van der Waals surface area (Å²) in [6.45, 7) is -0.0581. The summed E-state index contributed by atoms with van der Waals surface area (Å²) in [4.78, 5) is 42.9. The van der Waals surface area contributed by atoms with E-state index in [-0.39, 0.29) is 29.6 Å². The van der Waals surface area contributed by atoms with Crippen molar-refractivity contribution in [3.63, 3.8) is 0 Å². The highest BCUT2D eigenvalue weighted by atomic mass is 32.2. The molecule has 0 saturated heterocycles. The summed E-state index contributed by atoms with van der Waals surface area (Å²) in [6, 6.07) is 17.1. The lowest BCUT2D eigenvalue weighted by Gasteiger charge is -2.18. The first-order chi connectivity index (χ1) is 17.5. The van der Waals surface area contributed by atoms with Gasteiger partial charge in [0.05, 0.1) is 42.3 Å². The number of aromatic nitrogens is 2. The summed E-state index contributed by atoms with van der Waals surface area (Å²) in [5.74, 6) is 1.05. The third-order valence-corrected chi connectivity index (χ3v) is 6.58. The van der Waals surface area contributed by atoms with E-state index in [1.807, 2.05) is 0 Å². The molecule has 9 nitrogen and oxygen atoms in total. The largest absolute Gasteiger partial charge is 0.493 e. The second kappa shape index (κ2) is 9.74. The van der Waals surface area contributed by atoms with Crippen molar-refractivity contribution in [1.29, 1.82) is 0 Å². The zero-order chi connectivity index (χ0) is 25.2. The van der Waals surface area contributed by atoms with Gasteiger partial charge < -0.3 is 19.5 Å². The van der Waals surface area contributed by atoms with Crippen LogP contribution in [0.5, 0.6) is 17.2 Å². The predicted octanol–water partition coefficient (Wildman–Crippen LogP) is 3.71. The molecule has 0 unspecified atom stereocenters. The van der Waals surface area contributed by atoms with Crippen LogP contribution in [0.3, 0.4) is 0 Å².